The summed E-state index contributed by atoms with van der Waals surface area (Å²) in [7, 11) is 1.77. The molecule has 0 fully saturated rings. The Morgan fingerprint density at radius 3 is 2.08 bits per heavy atom. The summed E-state index contributed by atoms with van der Waals surface area (Å²) >= 11 is 0. The summed E-state index contributed by atoms with van der Waals surface area (Å²) in [6.45, 7) is 0. The van der Waals surface area contributed by atoms with Gasteiger partial charge in [0.25, 0.3) is 5.56 Å². The van der Waals surface area contributed by atoms with Crippen LogP contribution in [-0.4, -0.2) is 10.4 Å². The number of benzene rings is 3. The van der Waals surface area contributed by atoms with E-state index in [0.29, 0.717) is 16.7 Å². The number of hydrogen-bond acceptors (Lipinski definition) is 2. The molecule has 0 amide bonds. The Morgan fingerprint density at radius 1 is 0.654 bits per heavy atom. The number of pyridine rings is 1. The number of ketones is 1. The molecule has 3 heteroatoms. The van der Waals surface area contributed by atoms with Gasteiger partial charge in [-0.2, -0.15) is 0 Å². The summed E-state index contributed by atoms with van der Waals surface area (Å²) in [5.41, 5.74) is 5.24. The molecule has 1 aliphatic carbocycles. The molecule has 0 N–H and O–H groups in total. The highest BCUT2D eigenvalue weighted by Gasteiger charge is 2.29. The van der Waals surface area contributed by atoms with Gasteiger partial charge >= 0.3 is 0 Å². The lowest BCUT2D eigenvalue weighted by molar-refractivity contribution is 0.104. The molecule has 3 aromatic carbocycles. The number of nitrogens with zero attached hydrogens (tertiary/aromatic N) is 1. The van der Waals surface area contributed by atoms with Crippen LogP contribution in [0.4, 0.5) is 0 Å². The fourth-order valence-electron chi connectivity index (χ4n) is 3.97. The van der Waals surface area contributed by atoms with Crippen molar-refractivity contribution in [1.82, 2.24) is 4.57 Å². The molecule has 1 aromatic heterocycles. The van der Waals surface area contributed by atoms with Gasteiger partial charge in [0.1, 0.15) is 0 Å². The molecule has 0 atom stereocenters. The van der Waals surface area contributed by atoms with Gasteiger partial charge in [-0.1, -0.05) is 66.7 Å². The van der Waals surface area contributed by atoms with E-state index in [4.69, 9.17) is 0 Å². The number of aromatic nitrogens is 1. The molecule has 0 saturated carbocycles. The van der Waals surface area contributed by atoms with Gasteiger partial charge in [0, 0.05) is 29.1 Å². The second-order valence-corrected chi connectivity index (χ2v) is 6.55. The quantitative estimate of drug-likeness (QED) is 0.454. The predicted octanol–water partition coefficient (Wildman–Crippen LogP) is 4.42. The third kappa shape index (κ3) is 1.83. The zero-order chi connectivity index (χ0) is 17.8. The van der Waals surface area contributed by atoms with Crippen LogP contribution in [0.15, 0.2) is 77.6 Å². The van der Waals surface area contributed by atoms with E-state index < -0.39 is 0 Å². The second kappa shape index (κ2) is 5.27. The number of fused-ring (bicyclic) bond motifs is 2. The van der Waals surface area contributed by atoms with E-state index >= 15 is 0 Å². The number of hydrogen-bond donors (Lipinski definition) is 0. The average molecular weight is 337 g/mol. The van der Waals surface area contributed by atoms with E-state index in [1.165, 1.54) is 0 Å². The van der Waals surface area contributed by atoms with Crippen molar-refractivity contribution in [3.63, 3.8) is 0 Å². The first-order valence-electron chi connectivity index (χ1n) is 8.53. The summed E-state index contributed by atoms with van der Waals surface area (Å²) in [5, 5.41) is 0.858. The Hall–Kier alpha value is -3.46. The van der Waals surface area contributed by atoms with Crippen molar-refractivity contribution in [2.24, 2.45) is 7.05 Å². The van der Waals surface area contributed by atoms with E-state index in [0.717, 1.165) is 27.6 Å². The van der Waals surface area contributed by atoms with Crippen molar-refractivity contribution in [2.45, 2.75) is 0 Å². The van der Waals surface area contributed by atoms with Crippen LogP contribution in [0.3, 0.4) is 0 Å². The summed E-state index contributed by atoms with van der Waals surface area (Å²) in [6.07, 6.45) is 0. The van der Waals surface area contributed by atoms with E-state index in [1.54, 1.807) is 11.6 Å². The molecule has 26 heavy (non-hydrogen) atoms. The van der Waals surface area contributed by atoms with E-state index in [2.05, 4.69) is 0 Å². The van der Waals surface area contributed by atoms with Crippen molar-refractivity contribution in [2.75, 3.05) is 0 Å². The Bertz CT molecular complexity index is 1270. The number of aryl methyl sites for hydroxylation is 1. The first-order chi connectivity index (χ1) is 12.7. The van der Waals surface area contributed by atoms with Gasteiger partial charge < -0.3 is 4.57 Å². The SMILES string of the molecule is Cn1c(=O)c(-c2ccccc2)c2c3c(cccc31)C(=O)c1ccccc1-2. The first kappa shape index (κ1) is 14.8. The molecule has 0 bridgehead atoms. The Labute approximate surface area is 150 Å². The van der Waals surface area contributed by atoms with Gasteiger partial charge in [-0.15, -0.1) is 0 Å². The van der Waals surface area contributed by atoms with Crippen molar-refractivity contribution < 1.29 is 4.79 Å². The average Bonchev–Trinajstić information content (AvgIpc) is 2.69. The molecule has 0 radical (unpaired) electrons. The number of rotatable bonds is 1. The van der Waals surface area contributed by atoms with Crippen LogP contribution in [0, 0.1) is 0 Å². The largest absolute Gasteiger partial charge is 0.311 e. The molecule has 0 aliphatic heterocycles. The Morgan fingerprint density at radius 2 is 1.31 bits per heavy atom. The third-order valence-electron chi connectivity index (χ3n) is 5.17. The molecular formula is C23H15NO2. The summed E-state index contributed by atoms with van der Waals surface area (Å²) in [6, 6.07) is 22.8. The van der Waals surface area contributed by atoms with Gasteiger partial charge in [-0.3, -0.25) is 9.59 Å². The fourth-order valence-corrected chi connectivity index (χ4v) is 3.97. The van der Waals surface area contributed by atoms with Crippen LogP contribution in [0.2, 0.25) is 0 Å². The van der Waals surface area contributed by atoms with Gasteiger partial charge in [0.05, 0.1) is 11.1 Å². The highest BCUT2D eigenvalue weighted by atomic mass is 16.1. The number of carbonyl (C=O) groups is 1. The number of carbonyl (C=O) groups excluding carboxylic acids is 1. The lowest BCUT2D eigenvalue weighted by Crippen LogP contribution is -2.23. The van der Waals surface area contributed by atoms with Crippen LogP contribution in [0.1, 0.15) is 15.9 Å². The molecule has 124 valence electrons. The van der Waals surface area contributed by atoms with Gasteiger partial charge in [0.15, 0.2) is 5.78 Å². The minimum atomic E-state index is -0.0556. The highest BCUT2D eigenvalue weighted by molar-refractivity contribution is 6.27. The van der Waals surface area contributed by atoms with Gasteiger partial charge in [-0.05, 0) is 17.2 Å². The fraction of sp³-hybridized carbons (Fsp3) is 0.0435. The smallest absolute Gasteiger partial charge is 0.259 e. The normalized spacial score (nSPS) is 12.3. The molecule has 4 aromatic rings. The van der Waals surface area contributed by atoms with E-state index in [1.807, 2.05) is 72.8 Å². The molecule has 1 heterocycles. The molecule has 3 nitrogen and oxygen atoms in total. The highest BCUT2D eigenvalue weighted by Crippen LogP contribution is 2.43. The maximum Gasteiger partial charge on any atom is 0.259 e. The lowest BCUT2D eigenvalue weighted by Gasteiger charge is -2.23. The zero-order valence-corrected chi connectivity index (χ0v) is 14.2. The summed E-state index contributed by atoms with van der Waals surface area (Å²) < 4.78 is 1.64. The van der Waals surface area contributed by atoms with Crippen LogP contribution < -0.4 is 5.56 Å². The topological polar surface area (TPSA) is 39.1 Å². The van der Waals surface area contributed by atoms with Crippen LogP contribution in [0.25, 0.3) is 33.2 Å². The molecule has 0 unspecified atom stereocenters. The first-order valence-corrected chi connectivity index (χ1v) is 8.53. The Kier molecular flexibility index (Phi) is 3.01. The lowest BCUT2D eigenvalue weighted by atomic mass is 9.81. The summed E-state index contributed by atoms with van der Waals surface area (Å²) in [5.74, 6) is 0.0105. The van der Waals surface area contributed by atoms with E-state index in [9.17, 15) is 9.59 Å². The van der Waals surface area contributed by atoms with Gasteiger partial charge in [-0.25, -0.2) is 0 Å². The van der Waals surface area contributed by atoms with Gasteiger partial charge in [0.2, 0.25) is 0 Å². The van der Waals surface area contributed by atoms with Crippen molar-refractivity contribution in [3.05, 3.63) is 94.3 Å². The van der Waals surface area contributed by atoms with Crippen LogP contribution >= 0.6 is 0 Å². The standard InChI is InChI=1S/C23H15NO2/c1-24-18-13-7-12-17-20(18)21(15-10-5-6-11-16(15)22(17)25)19(23(24)26)14-8-3-2-4-9-14/h2-13H,1H3. The molecule has 0 spiro atoms. The Balaban J connectivity index is 2.10. The molecule has 5 rings (SSSR count). The summed E-state index contributed by atoms with van der Waals surface area (Å²) in [4.78, 5) is 26.3. The maximum absolute atomic E-state index is 13.3. The monoisotopic (exact) mass is 337 g/mol. The van der Waals surface area contributed by atoms with Crippen LogP contribution in [-0.2, 0) is 7.05 Å². The predicted molar refractivity (Wildman–Crippen MR) is 103 cm³/mol. The molecular weight excluding hydrogens is 322 g/mol. The minimum absolute atomic E-state index is 0.0105. The molecule has 1 aliphatic rings. The minimum Gasteiger partial charge on any atom is -0.311 e. The molecule has 0 saturated heterocycles. The second-order valence-electron chi connectivity index (χ2n) is 6.55. The third-order valence-corrected chi connectivity index (χ3v) is 5.17. The maximum atomic E-state index is 13.3. The van der Waals surface area contributed by atoms with Crippen molar-refractivity contribution in [3.8, 4) is 22.3 Å². The van der Waals surface area contributed by atoms with Crippen LogP contribution in [0.5, 0.6) is 0 Å². The van der Waals surface area contributed by atoms with Crippen molar-refractivity contribution >= 4 is 16.7 Å². The zero-order valence-electron chi connectivity index (χ0n) is 14.2. The van der Waals surface area contributed by atoms with E-state index in [-0.39, 0.29) is 11.3 Å². The van der Waals surface area contributed by atoms with Crippen molar-refractivity contribution in [1.29, 1.82) is 0 Å².